The lowest BCUT2D eigenvalue weighted by atomic mass is 10.1. The van der Waals surface area contributed by atoms with E-state index >= 15 is 0 Å². The van der Waals surface area contributed by atoms with Crippen molar-refractivity contribution >= 4 is 12.4 Å². The van der Waals surface area contributed by atoms with Crippen LogP contribution in [0.5, 0.6) is 0 Å². The highest BCUT2D eigenvalue weighted by atomic mass is 35.5. The molecule has 0 radical (unpaired) electrons. The molecule has 2 aromatic rings. The molecule has 1 aromatic carbocycles. The molecule has 3 rings (SSSR count). The molecule has 114 valence electrons. The first-order valence-corrected chi connectivity index (χ1v) is 7.21. The molecule has 0 saturated carbocycles. The molecular formula is C16H22ClN3O. The Balaban J connectivity index is 0.00000161. The molecular weight excluding hydrogens is 286 g/mol. The van der Waals surface area contributed by atoms with Crippen molar-refractivity contribution < 1.29 is 4.52 Å². The summed E-state index contributed by atoms with van der Waals surface area (Å²) in [4.78, 5) is 2.42. The summed E-state index contributed by atoms with van der Waals surface area (Å²) in [5, 5.41) is 4.17. The lowest BCUT2D eigenvalue weighted by Crippen LogP contribution is -2.27. The highest BCUT2D eigenvalue weighted by Gasteiger charge is 2.28. The highest BCUT2D eigenvalue weighted by Crippen LogP contribution is 2.25. The van der Waals surface area contributed by atoms with Gasteiger partial charge in [-0.2, -0.15) is 0 Å². The maximum atomic E-state index is 5.77. The molecule has 2 atom stereocenters. The van der Waals surface area contributed by atoms with E-state index in [0.717, 1.165) is 36.7 Å². The molecule has 0 spiro atoms. The van der Waals surface area contributed by atoms with Crippen LogP contribution in [0.3, 0.4) is 0 Å². The normalized spacial score (nSPS) is 22.2. The van der Waals surface area contributed by atoms with E-state index in [4.69, 9.17) is 10.3 Å². The van der Waals surface area contributed by atoms with Crippen LogP contribution in [0.1, 0.15) is 19.1 Å². The van der Waals surface area contributed by atoms with Gasteiger partial charge in [-0.3, -0.25) is 4.90 Å². The van der Waals surface area contributed by atoms with Crippen LogP contribution in [0.2, 0.25) is 0 Å². The van der Waals surface area contributed by atoms with Crippen molar-refractivity contribution in [3.63, 3.8) is 0 Å². The summed E-state index contributed by atoms with van der Waals surface area (Å²) in [7, 11) is 0. The molecule has 2 N–H and O–H groups in total. The average Bonchev–Trinajstić information content (AvgIpc) is 3.08. The van der Waals surface area contributed by atoms with Gasteiger partial charge in [0.1, 0.15) is 5.69 Å². The van der Waals surface area contributed by atoms with Crippen molar-refractivity contribution in [1.29, 1.82) is 0 Å². The van der Waals surface area contributed by atoms with Gasteiger partial charge in [-0.15, -0.1) is 12.4 Å². The first-order valence-electron chi connectivity index (χ1n) is 7.21. The maximum absolute atomic E-state index is 5.77. The molecule has 1 saturated heterocycles. The predicted octanol–water partition coefficient (Wildman–Crippen LogP) is 2.93. The van der Waals surface area contributed by atoms with E-state index < -0.39 is 0 Å². The van der Waals surface area contributed by atoms with E-state index in [0.29, 0.717) is 12.0 Å². The Labute approximate surface area is 131 Å². The highest BCUT2D eigenvalue weighted by molar-refractivity contribution is 5.85. The van der Waals surface area contributed by atoms with Crippen LogP contribution in [-0.4, -0.2) is 29.2 Å². The fourth-order valence-electron chi connectivity index (χ4n) is 2.94. The minimum absolute atomic E-state index is 0. The zero-order chi connectivity index (χ0) is 13.9. The van der Waals surface area contributed by atoms with Crippen molar-refractivity contribution in [2.75, 3.05) is 13.1 Å². The van der Waals surface area contributed by atoms with Crippen molar-refractivity contribution in [1.82, 2.24) is 10.1 Å². The van der Waals surface area contributed by atoms with Crippen LogP contribution in [0.4, 0.5) is 0 Å². The molecule has 0 amide bonds. The van der Waals surface area contributed by atoms with Crippen molar-refractivity contribution in [3.8, 4) is 11.3 Å². The molecule has 1 fully saturated rings. The summed E-state index contributed by atoms with van der Waals surface area (Å²) in [6.07, 6.45) is 1.18. The first-order chi connectivity index (χ1) is 9.76. The number of benzene rings is 1. The van der Waals surface area contributed by atoms with Gasteiger partial charge < -0.3 is 10.3 Å². The van der Waals surface area contributed by atoms with Gasteiger partial charge in [0, 0.05) is 24.2 Å². The van der Waals surface area contributed by atoms with Crippen LogP contribution in [0, 0.1) is 5.92 Å². The standard InChI is InChI=1S/C16H21N3O.ClH/c1-12-7-13(9-17)10-19(12)11-15-8-16(18-20-15)14-5-3-2-4-6-14;/h2-6,8,12-13H,7,9-11,17H2,1H3;1H. The Morgan fingerprint density at radius 1 is 1.33 bits per heavy atom. The quantitative estimate of drug-likeness (QED) is 0.943. The van der Waals surface area contributed by atoms with E-state index in [2.05, 4.69) is 17.0 Å². The van der Waals surface area contributed by atoms with E-state index in [9.17, 15) is 0 Å². The van der Waals surface area contributed by atoms with E-state index in [1.807, 2.05) is 36.4 Å². The zero-order valence-electron chi connectivity index (χ0n) is 12.2. The number of hydrogen-bond donors (Lipinski definition) is 1. The first kappa shape index (κ1) is 16.0. The Kier molecular flexibility index (Phi) is 5.39. The summed E-state index contributed by atoms with van der Waals surface area (Å²) in [5.74, 6) is 1.54. The van der Waals surface area contributed by atoms with Crippen LogP contribution >= 0.6 is 12.4 Å². The molecule has 2 heterocycles. The second kappa shape index (κ2) is 7.07. The fourth-order valence-corrected chi connectivity index (χ4v) is 2.94. The molecule has 0 bridgehead atoms. The van der Waals surface area contributed by atoms with E-state index in [1.54, 1.807) is 0 Å². The van der Waals surface area contributed by atoms with Gasteiger partial charge in [0.25, 0.3) is 0 Å². The topological polar surface area (TPSA) is 55.3 Å². The largest absolute Gasteiger partial charge is 0.359 e. The number of likely N-dealkylation sites (tertiary alicyclic amines) is 1. The van der Waals surface area contributed by atoms with E-state index in [-0.39, 0.29) is 12.4 Å². The average molecular weight is 308 g/mol. The van der Waals surface area contributed by atoms with Gasteiger partial charge in [0.05, 0.1) is 6.54 Å². The lowest BCUT2D eigenvalue weighted by molar-refractivity contribution is 0.223. The summed E-state index contributed by atoms with van der Waals surface area (Å²) >= 11 is 0. The molecule has 1 aliphatic heterocycles. The van der Waals surface area contributed by atoms with Crippen LogP contribution in [0.15, 0.2) is 40.9 Å². The number of halogens is 1. The van der Waals surface area contributed by atoms with Crippen molar-refractivity contribution in [2.45, 2.75) is 25.9 Å². The number of nitrogens with zero attached hydrogens (tertiary/aromatic N) is 2. The Bertz CT molecular complexity index is 558. The fraction of sp³-hybridized carbons (Fsp3) is 0.438. The molecule has 0 aliphatic carbocycles. The number of aromatic nitrogens is 1. The van der Waals surface area contributed by atoms with E-state index in [1.165, 1.54) is 6.42 Å². The number of hydrogen-bond acceptors (Lipinski definition) is 4. The number of rotatable bonds is 4. The Hall–Kier alpha value is -1.36. The van der Waals surface area contributed by atoms with Crippen LogP contribution in [0.25, 0.3) is 11.3 Å². The van der Waals surface area contributed by atoms with Gasteiger partial charge in [-0.1, -0.05) is 35.5 Å². The van der Waals surface area contributed by atoms with Gasteiger partial charge in [-0.05, 0) is 25.8 Å². The smallest absolute Gasteiger partial charge is 0.151 e. The lowest BCUT2D eigenvalue weighted by Gasteiger charge is -2.18. The minimum Gasteiger partial charge on any atom is -0.359 e. The molecule has 4 nitrogen and oxygen atoms in total. The number of nitrogens with two attached hydrogens (primary N) is 1. The molecule has 21 heavy (non-hydrogen) atoms. The van der Waals surface area contributed by atoms with Gasteiger partial charge in [-0.25, -0.2) is 0 Å². The Morgan fingerprint density at radius 3 is 2.76 bits per heavy atom. The van der Waals surface area contributed by atoms with Gasteiger partial charge >= 0.3 is 0 Å². The Morgan fingerprint density at radius 2 is 2.10 bits per heavy atom. The van der Waals surface area contributed by atoms with Crippen LogP contribution in [-0.2, 0) is 6.54 Å². The third-order valence-corrected chi connectivity index (χ3v) is 4.11. The molecule has 5 heteroatoms. The second-order valence-corrected chi connectivity index (χ2v) is 5.66. The monoisotopic (exact) mass is 307 g/mol. The summed E-state index contributed by atoms with van der Waals surface area (Å²) in [5.41, 5.74) is 7.77. The van der Waals surface area contributed by atoms with Crippen molar-refractivity contribution in [2.24, 2.45) is 11.7 Å². The SMILES string of the molecule is CC1CC(CN)CN1Cc1cc(-c2ccccc2)no1.Cl. The van der Waals surface area contributed by atoms with Gasteiger partial charge in [0.15, 0.2) is 5.76 Å². The third kappa shape index (κ3) is 3.64. The molecule has 1 aromatic heterocycles. The molecule has 1 aliphatic rings. The third-order valence-electron chi connectivity index (χ3n) is 4.11. The van der Waals surface area contributed by atoms with Crippen molar-refractivity contribution in [3.05, 3.63) is 42.2 Å². The maximum Gasteiger partial charge on any atom is 0.151 e. The predicted molar refractivity (Wildman–Crippen MR) is 86.2 cm³/mol. The van der Waals surface area contributed by atoms with Gasteiger partial charge in [0.2, 0.25) is 0 Å². The van der Waals surface area contributed by atoms with Crippen LogP contribution < -0.4 is 5.73 Å². The summed E-state index contributed by atoms with van der Waals surface area (Å²) in [6, 6.07) is 12.7. The minimum atomic E-state index is 0. The summed E-state index contributed by atoms with van der Waals surface area (Å²) in [6.45, 7) is 4.90. The second-order valence-electron chi connectivity index (χ2n) is 5.66. The summed E-state index contributed by atoms with van der Waals surface area (Å²) < 4.78 is 5.48. The molecule has 2 unspecified atom stereocenters. The zero-order valence-corrected chi connectivity index (χ0v) is 13.1.